The van der Waals surface area contributed by atoms with Crippen LogP contribution in [0.25, 0.3) is 0 Å². The number of carbonyl (C=O) groups excluding carboxylic acids is 1. The van der Waals surface area contributed by atoms with Gasteiger partial charge in [-0.1, -0.05) is 13.0 Å². The zero-order valence-corrected chi connectivity index (χ0v) is 20.0. The van der Waals surface area contributed by atoms with E-state index in [1.165, 1.54) is 20.1 Å². The number of amides is 1. The first kappa shape index (κ1) is 25.9. The van der Waals surface area contributed by atoms with Gasteiger partial charge in [0, 0.05) is 17.0 Å². The van der Waals surface area contributed by atoms with E-state index < -0.39 is 52.0 Å². The van der Waals surface area contributed by atoms with Gasteiger partial charge in [0.1, 0.15) is 17.7 Å². The average molecular weight is 508 g/mol. The van der Waals surface area contributed by atoms with Crippen molar-refractivity contribution in [3.8, 4) is 5.75 Å². The molecule has 0 spiro atoms. The summed E-state index contributed by atoms with van der Waals surface area (Å²) in [6, 6.07) is 2.41. The molecule has 2 aromatic rings. The number of hydrogen-bond acceptors (Lipinski definition) is 6. The molecule has 1 fully saturated rings. The summed E-state index contributed by atoms with van der Waals surface area (Å²) in [4.78, 5) is 13.1. The van der Waals surface area contributed by atoms with E-state index in [9.17, 15) is 30.8 Å². The Balaban J connectivity index is 2.05. The molecule has 1 aromatic carbocycles. The number of ether oxygens (including phenoxy) is 2. The molecule has 8 nitrogen and oxygen atoms in total. The maximum atomic E-state index is 14.3. The maximum Gasteiger partial charge on any atom is 0.417 e. The van der Waals surface area contributed by atoms with Crippen LogP contribution < -0.4 is 10.1 Å². The number of aromatic nitrogens is 2. The summed E-state index contributed by atoms with van der Waals surface area (Å²) in [6.07, 6.45) is -4.87. The molecular weight excluding hydrogens is 482 g/mol. The SMILES string of the molecule is CCc1c(F)ccc([C@H]2C[C@@](C)(C(F)(F)F)O[C@@H]2C(=O)Nc2cn(S(C)(=O)=O)nc2C)c1OC. The van der Waals surface area contributed by atoms with Crippen LogP contribution in [0.3, 0.4) is 0 Å². The molecule has 1 N–H and O–H groups in total. The predicted molar refractivity (Wildman–Crippen MR) is 115 cm³/mol. The maximum absolute atomic E-state index is 14.3. The largest absolute Gasteiger partial charge is 0.496 e. The fraction of sp³-hybridized carbons (Fsp3) is 0.524. The number of alkyl halides is 3. The second-order valence-corrected chi connectivity index (χ2v) is 10.2. The Morgan fingerprint density at radius 1 is 1.38 bits per heavy atom. The summed E-state index contributed by atoms with van der Waals surface area (Å²) >= 11 is 0. The Kier molecular flexibility index (Phi) is 6.74. The molecular formula is C21H25F4N3O5S. The summed E-state index contributed by atoms with van der Waals surface area (Å²) < 4.78 is 90.6. The van der Waals surface area contributed by atoms with E-state index in [-0.39, 0.29) is 34.7 Å². The average Bonchev–Trinajstić information content (AvgIpc) is 3.28. The first-order valence-electron chi connectivity index (χ1n) is 10.3. The number of carbonyl (C=O) groups is 1. The van der Waals surface area contributed by atoms with E-state index in [1.807, 2.05) is 0 Å². The molecule has 0 radical (unpaired) electrons. The summed E-state index contributed by atoms with van der Waals surface area (Å²) in [5, 5.41) is 6.21. The Labute approximate surface area is 194 Å². The van der Waals surface area contributed by atoms with Crippen LogP contribution in [-0.4, -0.2) is 54.8 Å². The topological polar surface area (TPSA) is 99.5 Å². The lowest BCUT2D eigenvalue weighted by molar-refractivity contribution is -0.261. The molecule has 1 aliphatic heterocycles. The van der Waals surface area contributed by atoms with Gasteiger partial charge in [-0.2, -0.15) is 22.4 Å². The van der Waals surface area contributed by atoms with Crippen molar-refractivity contribution in [3.05, 3.63) is 41.0 Å². The van der Waals surface area contributed by atoms with E-state index >= 15 is 0 Å². The van der Waals surface area contributed by atoms with Gasteiger partial charge in [-0.05, 0) is 32.8 Å². The molecule has 0 saturated carbocycles. The van der Waals surface area contributed by atoms with E-state index in [1.54, 1.807) is 6.92 Å². The second-order valence-electron chi connectivity index (χ2n) is 8.33. The number of nitrogens with one attached hydrogen (secondary N) is 1. The standard InChI is InChI=1S/C21H25F4N3O5S/c1-6-12-15(22)8-7-13(17(12)32-4)14-9-20(3,21(23,24)25)33-18(14)19(29)26-16-10-28(27-11(16)2)34(5,30)31/h7-8,10,14,18H,6,9H2,1-5H3,(H,26,29)/t14-,18+,20+/m1/s1. The summed E-state index contributed by atoms with van der Waals surface area (Å²) in [7, 11) is -2.48. The fourth-order valence-corrected chi connectivity index (χ4v) is 4.61. The van der Waals surface area contributed by atoms with Crippen LogP contribution in [0, 0.1) is 12.7 Å². The molecule has 3 atom stereocenters. The van der Waals surface area contributed by atoms with Crippen molar-refractivity contribution in [1.29, 1.82) is 0 Å². The predicted octanol–water partition coefficient (Wildman–Crippen LogP) is 3.54. The quantitative estimate of drug-likeness (QED) is 0.601. The molecule has 13 heteroatoms. The Morgan fingerprint density at radius 3 is 2.53 bits per heavy atom. The van der Waals surface area contributed by atoms with Gasteiger partial charge in [0.05, 0.1) is 30.9 Å². The van der Waals surface area contributed by atoms with Gasteiger partial charge in [0.25, 0.3) is 15.9 Å². The van der Waals surface area contributed by atoms with Crippen LogP contribution in [0.5, 0.6) is 5.75 Å². The van der Waals surface area contributed by atoms with Crippen LogP contribution in [0.2, 0.25) is 0 Å². The van der Waals surface area contributed by atoms with Crippen molar-refractivity contribution >= 4 is 21.6 Å². The van der Waals surface area contributed by atoms with Gasteiger partial charge in [-0.15, -0.1) is 0 Å². The molecule has 1 aliphatic rings. The zero-order valence-electron chi connectivity index (χ0n) is 19.2. The molecule has 0 unspecified atom stereocenters. The number of hydrogen-bond donors (Lipinski definition) is 1. The highest BCUT2D eigenvalue weighted by Gasteiger charge is 2.61. The van der Waals surface area contributed by atoms with E-state index in [2.05, 4.69) is 10.4 Å². The summed E-state index contributed by atoms with van der Waals surface area (Å²) in [6.45, 7) is 3.94. The van der Waals surface area contributed by atoms with Crippen molar-refractivity contribution in [2.24, 2.45) is 0 Å². The number of anilines is 1. The van der Waals surface area contributed by atoms with Crippen LogP contribution in [0.4, 0.5) is 23.2 Å². The molecule has 1 aromatic heterocycles. The van der Waals surface area contributed by atoms with Crippen LogP contribution in [0.1, 0.15) is 43.0 Å². The van der Waals surface area contributed by atoms with Gasteiger partial charge in [0.15, 0.2) is 5.60 Å². The van der Waals surface area contributed by atoms with Crippen LogP contribution >= 0.6 is 0 Å². The number of aryl methyl sites for hydroxylation is 1. The van der Waals surface area contributed by atoms with E-state index in [0.29, 0.717) is 4.09 Å². The van der Waals surface area contributed by atoms with Gasteiger partial charge in [-0.25, -0.2) is 12.8 Å². The summed E-state index contributed by atoms with van der Waals surface area (Å²) in [5.41, 5.74) is -2.14. The number of nitrogens with zero attached hydrogens (tertiary/aromatic N) is 2. The molecule has 34 heavy (non-hydrogen) atoms. The number of halogens is 4. The Morgan fingerprint density at radius 2 is 2.03 bits per heavy atom. The van der Waals surface area contributed by atoms with Crippen molar-refractivity contribution < 1.29 is 40.2 Å². The third-order valence-corrected chi connectivity index (χ3v) is 6.75. The lowest BCUT2D eigenvalue weighted by atomic mass is 9.84. The highest BCUT2D eigenvalue weighted by Crippen LogP contribution is 2.51. The fourth-order valence-electron chi connectivity index (χ4n) is 4.04. The van der Waals surface area contributed by atoms with Crippen LogP contribution in [-0.2, 0) is 26.0 Å². The normalized spacial score (nSPS) is 23.2. The molecule has 2 heterocycles. The molecule has 188 valence electrons. The van der Waals surface area contributed by atoms with Crippen molar-refractivity contribution in [2.45, 2.75) is 57.4 Å². The van der Waals surface area contributed by atoms with Gasteiger partial charge in [0.2, 0.25) is 0 Å². The van der Waals surface area contributed by atoms with E-state index in [0.717, 1.165) is 25.4 Å². The lowest BCUT2D eigenvalue weighted by Crippen LogP contribution is -2.43. The number of methoxy groups -OCH3 is 1. The summed E-state index contributed by atoms with van der Waals surface area (Å²) in [5.74, 6) is -2.58. The van der Waals surface area contributed by atoms with Gasteiger partial charge in [-0.3, -0.25) is 4.79 Å². The molecule has 0 aliphatic carbocycles. The first-order chi connectivity index (χ1) is 15.6. The highest BCUT2D eigenvalue weighted by molar-refractivity contribution is 7.89. The minimum atomic E-state index is -4.79. The smallest absolute Gasteiger partial charge is 0.417 e. The van der Waals surface area contributed by atoms with Crippen LogP contribution in [0.15, 0.2) is 18.3 Å². The Bertz CT molecular complexity index is 1210. The Hall–Kier alpha value is -2.67. The highest BCUT2D eigenvalue weighted by atomic mass is 32.2. The molecule has 1 amide bonds. The molecule has 0 bridgehead atoms. The number of rotatable bonds is 6. The van der Waals surface area contributed by atoms with Crippen molar-refractivity contribution in [2.75, 3.05) is 18.7 Å². The third-order valence-electron chi connectivity index (χ3n) is 5.89. The first-order valence-corrected chi connectivity index (χ1v) is 12.1. The minimum Gasteiger partial charge on any atom is -0.496 e. The number of benzene rings is 1. The van der Waals surface area contributed by atoms with E-state index in [4.69, 9.17) is 9.47 Å². The van der Waals surface area contributed by atoms with Crippen molar-refractivity contribution in [1.82, 2.24) is 9.19 Å². The second kappa shape index (κ2) is 8.84. The molecule has 3 rings (SSSR count). The zero-order chi connectivity index (χ0) is 25.6. The van der Waals surface area contributed by atoms with Gasteiger partial charge < -0.3 is 14.8 Å². The third kappa shape index (κ3) is 4.63. The van der Waals surface area contributed by atoms with Crippen molar-refractivity contribution in [3.63, 3.8) is 0 Å². The van der Waals surface area contributed by atoms with Gasteiger partial charge >= 0.3 is 6.18 Å². The molecule has 1 saturated heterocycles. The lowest BCUT2D eigenvalue weighted by Gasteiger charge is -2.27. The monoisotopic (exact) mass is 507 g/mol. The minimum absolute atomic E-state index is 0.00120.